The van der Waals surface area contributed by atoms with Gasteiger partial charge in [-0.3, -0.25) is 0 Å². The molecule has 1 aliphatic heterocycles. The van der Waals surface area contributed by atoms with E-state index in [0.717, 1.165) is 0 Å². The Hall–Kier alpha value is -3.11. The summed E-state index contributed by atoms with van der Waals surface area (Å²) in [6, 6.07) is 1.80. The lowest BCUT2D eigenvalue weighted by molar-refractivity contribution is 0.217. The third-order valence-corrected chi connectivity index (χ3v) is 4.12. The van der Waals surface area contributed by atoms with E-state index in [-0.39, 0.29) is 30.8 Å². The Morgan fingerprint density at radius 3 is 2.54 bits per heavy atom. The first-order valence-corrected chi connectivity index (χ1v) is 7.80. The fraction of sp³-hybridized carbons (Fsp3) is 0.400. The van der Waals surface area contributed by atoms with Gasteiger partial charge >= 0.3 is 6.01 Å². The van der Waals surface area contributed by atoms with Gasteiger partial charge in [-0.05, 0) is 0 Å². The maximum absolute atomic E-state index is 13.7. The van der Waals surface area contributed by atoms with Crippen LogP contribution in [-0.2, 0) is 0 Å². The van der Waals surface area contributed by atoms with Crippen molar-refractivity contribution >= 4 is 11.6 Å². The van der Waals surface area contributed by atoms with Crippen molar-refractivity contribution in [2.24, 2.45) is 0 Å². The monoisotopic (exact) mass is 363 g/mol. The number of halogens is 2. The highest BCUT2D eigenvalue weighted by atomic mass is 19.2. The molecule has 0 amide bonds. The second kappa shape index (κ2) is 6.32. The Balaban J connectivity index is 1.85. The zero-order chi connectivity index (χ0) is 18.3. The summed E-state index contributed by atoms with van der Waals surface area (Å²) in [6.45, 7) is -0.147. The van der Waals surface area contributed by atoms with Crippen LogP contribution in [-0.4, -0.2) is 69.2 Å². The number of aromatic nitrogens is 6. The number of rotatable bonds is 4. The van der Waals surface area contributed by atoms with Gasteiger partial charge in [0.05, 0.1) is 38.6 Å². The average molecular weight is 363 g/mol. The van der Waals surface area contributed by atoms with Crippen molar-refractivity contribution in [3.63, 3.8) is 0 Å². The Morgan fingerprint density at radius 1 is 1.08 bits per heavy atom. The Bertz CT molecular complexity index is 941. The molecule has 2 unspecified atom stereocenters. The zero-order valence-corrected chi connectivity index (χ0v) is 14.0. The molecule has 0 N–H and O–H groups in total. The largest absolute Gasteiger partial charge is 0.480 e. The van der Waals surface area contributed by atoms with E-state index >= 15 is 0 Å². The topological polar surface area (TPSA) is 90.6 Å². The summed E-state index contributed by atoms with van der Waals surface area (Å²) >= 11 is 0. The van der Waals surface area contributed by atoms with Gasteiger partial charge in [-0.1, -0.05) is 0 Å². The van der Waals surface area contributed by atoms with Crippen LogP contribution in [0.5, 0.6) is 11.9 Å². The molecule has 4 heterocycles. The SMILES string of the molecule is COc1ncc(-c2cc(N3CC(F)C(F)C3)n3ncnc3n2)c(OC)n1. The molecule has 0 aliphatic carbocycles. The third-order valence-electron chi connectivity index (χ3n) is 4.12. The second-order valence-corrected chi connectivity index (χ2v) is 5.69. The maximum Gasteiger partial charge on any atom is 0.319 e. The highest BCUT2D eigenvalue weighted by molar-refractivity contribution is 5.69. The van der Waals surface area contributed by atoms with E-state index in [2.05, 4.69) is 25.0 Å². The van der Waals surface area contributed by atoms with E-state index < -0.39 is 12.3 Å². The number of anilines is 1. The molecule has 9 nitrogen and oxygen atoms in total. The molecule has 1 fully saturated rings. The predicted octanol–water partition coefficient (Wildman–Crippen LogP) is 1.09. The minimum Gasteiger partial charge on any atom is -0.480 e. The van der Waals surface area contributed by atoms with E-state index in [9.17, 15) is 8.78 Å². The summed E-state index contributed by atoms with van der Waals surface area (Å²) in [5.74, 6) is 1.02. The zero-order valence-electron chi connectivity index (χ0n) is 14.0. The van der Waals surface area contributed by atoms with Crippen molar-refractivity contribution < 1.29 is 18.3 Å². The van der Waals surface area contributed by atoms with Crippen LogP contribution in [0.15, 0.2) is 18.6 Å². The van der Waals surface area contributed by atoms with Crippen molar-refractivity contribution in [3.8, 4) is 23.1 Å². The number of alkyl halides is 2. The van der Waals surface area contributed by atoms with Crippen LogP contribution in [0.25, 0.3) is 17.0 Å². The van der Waals surface area contributed by atoms with Crippen LogP contribution in [0, 0.1) is 0 Å². The number of ether oxygens (including phenoxy) is 2. The second-order valence-electron chi connectivity index (χ2n) is 5.69. The lowest BCUT2D eigenvalue weighted by Crippen LogP contribution is -2.23. The molecule has 0 spiro atoms. The summed E-state index contributed by atoms with van der Waals surface area (Å²) in [6.07, 6.45) is -0.273. The number of nitrogens with zero attached hydrogens (tertiary/aromatic N) is 7. The van der Waals surface area contributed by atoms with Crippen molar-refractivity contribution in [1.82, 2.24) is 29.5 Å². The molecule has 0 aromatic carbocycles. The molecule has 4 rings (SSSR count). The summed E-state index contributed by atoms with van der Waals surface area (Å²) < 4.78 is 39.1. The van der Waals surface area contributed by atoms with Crippen LogP contribution < -0.4 is 14.4 Å². The summed E-state index contributed by atoms with van der Waals surface area (Å²) in [7, 11) is 2.91. The van der Waals surface area contributed by atoms with Crippen LogP contribution >= 0.6 is 0 Å². The van der Waals surface area contributed by atoms with Crippen LogP contribution in [0.4, 0.5) is 14.6 Å². The lowest BCUT2D eigenvalue weighted by Gasteiger charge is -2.19. The van der Waals surface area contributed by atoms with Crippen molar-refractivity contribution in [3.05, 3.63) is 18.6 Å². The third kappa shape index (κ3) is 2.65. The molecule has 2 atom stereocenters. The van der Waals surface area contributed by atoms with E-state index in [1.807, 2.05) is 0 Å². The molecule has 3 aromatic rings. The van der Waals surface area contributed by atoms with Crippen molar-refractivity contribution in [1.29, 1.82) is 0 Å². The fourth-order valence-corrected chi connectivity index (χ4v) is 2.85. The first-order valence-electron chi connectivity index (χ1n) is 7.80. The minimum atomic E-state index is -1.55. The average Bonchev–Trinajstić information content (AvgIpc) is 3.26. The van der Waals surface area contributed by atoms with Gasteiger partial charge in [0.15, 0.2) is 12.3 Å². The molecular weight excluding hydrogens is 348 g/mol. The summed E-state index contributed by atoms with van der Waals surface area (Å²) in [4.78, 5) is 18.3. The van der Waals surface area contributed by atoms with E-state index in [1.54, 1.807) is 11.0 Å². The molecule has 1 aliphatic rings. The van der Waals surface area contributed by atoms with Gasteiger partial charge in [0.1, 0.15) is 12.1 Å². The van der Waals surface area contributed by atoms with E-state index in [4.69, 9.17) is 9.47 Å². The molecule has 0 bridgehead atoms. The van der Waals surface area contributed by atoms with Crippen LogP contribution in [0.1, 0.15) is 0 Å². The van der Waals surface area contributed by atoms with Gasteiger partial charge in [0.25, 0.3) is 5.78 Å². The van der Waals surface area contributed by atoms with E-state index in [1.165, 1.54) is 31.3 Å². The maximum atomic E-state index is 13.7. The normalized spacial score (nSPS) is 19.9. The first kappa shape index (κ1) is 16.4. The highest BCUT2D eigenvalue weighted by Gasteiger charge is 2.34. The van der Waals surface area contributed by atoms with Gasteiger partial charge in [0.2, 0.25) is 5.88 Å². The van der Waals surface area contributed by atoms with E-state index in [0.29, 0.717) is 17.1 Å². The van der Waals surface area contributed by atoms with Gasteiger partial charge in [-0.2, -0.15) is 19.6 Å². The number of fused-ring (bicyclic) bond motifs is 1. The molecule has 26 heavy (non-hydrogen) atoms. The van der Waals surface area contributed by atoms with Crippen molar-refractivity contribution in [2.45, 2.75) is 12.3 Å². The van der Waals surface area contributed by atoms with Crippen LogP contribution in [0.3, 0.4) is 0 Å². The van der Waals surface area contributed by atoms with Gasteiger partial charge in [-0.25, -0.2) is 18.7 Å². The molecule has 0 saturated carbocycles. The highest BCUT2D eigenvalue weighted by Crippen LogP contribution is 2.32. The summed E-state index contributed by atoms with van der Waals surface area (Å²) in [5.41, 5.74) is 0.936. The summed E-state index contributed by atoms with van der Waals surface area (Å²) in [5, 5.41) is 4.09. The number of hydrogen-bond donors (Lipinski definition) is 0. The molecule has 0 radical (unpaired) electrons. The minimum absolute atomic E-state index is 0.0736. The number of hydrogen-bond acceptors (Lipinski definition) is 8. The smallest absolute Gasteiger partial charge is 0.319 e. The van der Waals surface area contributed by atoms with Gasteiger partial charge in [-0.15, -0.1) is 0 Å². The number of methoxy groups -OCH3 is 2. The fourth-order valence-electron chi connectivity index (χ4n) is 2.85. The Kier molecular flexibility index (Phi) is 3.98. The van der Waals surface area contributed by atoms with Gasteiger partial charge in [0, 0.05) is 12.3 Å². The predicted molar refractivity (Wildman–Crippen MR) is 86.9 cm³/mol. The molecule has 136 valence electrons. The first-order chi connectivity index (χ1) is 12.6. The molecule has 1 saturated heterocycles. The lowest BCUT2D eigenvalue weighted by atomic mass is 10.2. The molecular formula is C15H15F2N7O2. The molecule has 3 aromatic heterocycles. The Morgan fingerprint density at radius 2 is 1.85 bits per heavy atom. The van der Waals surface area contributed by atoms with Crippen LogP contribution in [0.2, 0.25) is 0 Å². The van der Waals surface area contributed by atoms with Crippen molar-refractivity contribution in [2.75, 3.05) is 32.2 Å². The Labute approximate surface area is 146 Å². The van der Waals surface area contributed by atoms with Gasteiger partial charge < -0.3 is 14.4 Å². The standard InChI is InChI=1S/C15H15F2N7O2/c1-25-13-8(4-18-15(22-13)26-2)11-3-12(23-5-9(16)10(17)6-23)24-14(21-11)19-7-20-24/h3-4,7,9-10H,5-6H2,1-2H3. The quantitative estimate of drug-likeness (QED) is 0.681. The molecule has 11 heteroatoms.